The van der Waals surface area contributed by atoms with E-state index in [0.29, 0.717) is 6.54 Å². The molecular formula is C13H16N4OS. The molecule has 0 radical (unpaired) electrons. The van der Waals surface area contributed by atoms with Crippen LogP contribution in [0.25, 0.3) is 0 Å². The van der Waals surface area contributed by atoms with E-state index in [1.165, 1.54) is 23.2 Å². The van der Waals surface area contributed by atoms with E-state index >= 15 is 0 Å². The van der Waals surface area contributed by atoms with Gasteiger partial charge in [0.1, 0.15) is 12.7 Å². The molecule has 100 valence electrons. The standard InChI is InChI=1S/C13H16N4OS/c18-13(12-7-10-3-1-4-11(10)19-12)15-5-2-6-17-9-14-8-16-17/h7-9H,1-6H2,(H,15,18). The summed E-state index contributed by atoms with van der Waals surface area (Å²) in [6, 6.07) is 2.06. The Kier molecular flexibility index (Phi) is 3.59. The van der Waals surface area contributed by atoms with Crippen LogP contribution in [0, 0.1) is 0 Å². The molecule has 1 aliphatic rings. The number of aryl methyl sites for hydroxylation is 3. The smallest absolute Gasteiger partial charge is 0.261 e. The van der Waals surface area contributed by atoms with Crippen molar-refractivity contribution in [3.05, 3.63) is 34.0 Å². The number of fused-ring (bicyclic) bond motifs is 1. The van der Waals surface area contributed by atoms with Crippen LogP contribution in [0.15, 0.2) is 18.7 Å². The third-order valence-corrected chi connectivity index (χ3v) is 4.52. The van der Waals surface area contributed by atoms with Crippen LogP contribution in [-0.2, 0) is 19.4 Å². The summed E-state index contributed by atoms with van der Waals surface area (Å²) in [6.45, 7) is 1.45. The Hall–Kier alpha value is -1.69. The fraction of sp³-hybridized carbons (Fsp3) is 0.462. The van der Waals surface area contributed by atoms with Gasteiger partial charge in [0.05, 0.1) is 4.88 Å². The predicted molar refractivity (Wildman–Crippen MR) is 73.3 cm³/mol. The molecule has 0 unspecified atom stereocenters. The number of nitrogens with one attached hydrogen (secondary N) is 1. The number of rotatable bonds is 5. The lowest BCUT2D eigenvalue weighted by Gasteiger charge is -2.03. The van der Waals surface area contributed by atoms with Crippen molar-refractivity contribution < 1.29 is 4.79 Å². The molecule has 0 aromatic carbocycles. The van der Waals surface area contributed by atoms with E-state index in [1.807, 2.05) is 0 Å². The lowest BCUT2D eigenvalue weighted by molar-refractivity contribution is 0.0956. The molecule has 0 bridgehead atoms. The number of carbonyl (C=O) groups is 1. The van der Waals surface area contributed by atoms with Crippen molar-refractivity contribution in [2.24, 2.45) is 0 Å². The number of thiophene rings is 1. The summed E-state index contributed by atoms with van der Waals surface area (Å²) in [5, 5.41) is 6.98. The molecule has 0 saturated heterocycles. The normalized spacial score (nSPS) is 13.5. The molecule has 0 aliphatic heterocycles. The predicted octanol–water partition coefficient (Wildman–Crippen LogP) is 1.65. The maximum absolute atomic E-state index is 12.0. The highest BCUT2D eigenvalue weighted by Gasteiger charge is 2.17. The first-order chi connectivity index (χ1) is 9.33. The van der Waals surface area contributed by atoms with Crippen LogP contribution in [0.1, 0.15) is 33.0 Å². The third kappa shape index (κ3) is 2.84. The summed E-state index contributed by atoms with van der Waals surface area (Å²) in [4.78, 5) is 18.1. The summed E-state index contributed by atoms with van der Waals surface area (Å²) in [6.07, 6.45) is 7.57. The maximum Gasteiger partial charge on any atom is 0.261 e. The summed E-state index contributed by atoms with van der Waals surface area (Å²) >= 11 is 1.65. The molecule has 0 fully saturated rings. The van der Waals surface area contributed by atoms with Crippen LogP contribution < -0.4 is 5.32 Å². The molecule has 6 heteroatoms. The van der Waals surface area contributed by atoms with Crippen molar-refractivity contribution in [2.75, 3.05) is 6.54 Å². The fourth-order valence-corrected chi connectivity index (χ4v) is 3.49. The van der Waals surface area contributed by atoms with Gasteiger partial charge in [-0.1, -0.05) is 0 Å². The summed E-state index contributed by atoms with van der Waals surface area (Å²) in [7, 11) is 0. The summed E-state index contributed by atoms with van der Waals surface area (Å²) in [5.41, 5.74) is 1.37. The van der Waals surface area contributed by atoms with Crippen molar-refractivity contribution in [3.8, 4) is 0 Å². The Morgan fingerprint density at radius 1 is 1.47 bits per heavy atom. The highest BCUT2D eigenvalue weighted by atomic mass is 32.1. The quantitative estimate of drug-likeness (QED) is 0.845. The van der Waals surface area contributed by atoms with Crippen molar-refractivity contribution in [2.45, 2.75) is 32.2 Å². The van der Waals surface area contributed by atoms with E-state index in [1.54, 1.807) is 22.3 Å². The van der Waals surface area contributed by atoms with Gasteiger partial charge >= 0.3 is 0 Å². The molecule has 2 aromatic heterocycles. The third-order valence-electron chi connectivity index (χ3n) is 3.29. The zero-order valence-corrected chi connectivity index (χ0v) is 11.4. The zero-order chi connectivity index (χ0) is 13.1. The highest BCUT2D eigenvalue weighted by molar-refractivity contribution is 7.14. The van der Waals surface area contributed by atoms with Crippen molar-refractivity contribution in [1.29, 1.82) is 0 Å². The summed E-state index contributed by atoms with van der Waals surface area (Å²) < 4.78 is 1.77. The average Bonchev–Trinajstić information content (AvgIpc) is 3.09. The molecule has 2 aromatic rings. The minimum atomic E-state index is 0.0537. The first-order valence-corrected chi connectivity index (χ1v) is 7.37. The Bertz CT molecular complexity index is 540. The minimum Gasteiger partial charge on any atom is -0.351 e. The Labute approximate surface area is 115 Å². The van der Waals surface area contributed by atoms with Gasteiger partial charge in [0.2, 0.25) is 0 Å². The number of amides is 1. The van der Waals surface area contributed by atoms with Crippen molar-refractivity contribution >= 4 is 17.2 Å². The molecule has 1 N–H and O–H groups in total. The van der Waals surface area contributed by atoms with E-state index in [4.69, 9.17) is 0 Å². The van der Waals surface area contributed by atoms with Crippen LogP contribution in [0.4, 0.5) is 0 Å². The first-order valence-electron chi connectivity index (χ1n) is 6.55. The molecule has 0 atom stereocenters. The molecule has 3 rings (SSSR count). The van der Waals surface area contributed by atoms with Crippen molar-refractivity contribution in [3.63, 3.8) is 0 Å². The highest BCUT2D eigenvalue weighted by Crippen LogP contribution is 2.30. The van der Waals surface area contributed by atoms with E-state index in [-0.39, 0.29) is 5.91 Å². The van der Waals surface area contributed by atoms with Gasteiger partial charge in [-0.3, -0.25) is 9.48 Å². The van der Waals surface area contributed by atoms with Crippen LogP contribution in [-0.4, -0.2) is 27.2 Å². The van der Waals surface area contributed by atoms with E-state index in [2.05, 4.69) is 21.5 Å². The van der Waals surface area contributed by atoms with Gasteiger partial charge in [0.25, 0.3) is 5.91 Å². The molecule has 0 saturated carbocycles. The Balaban J connectivity index is 1.45. The van der Waals surface area contributed by atoms with Crippen LogP contribution in [0.5, 0.6) is 0 Å². The molecule has 1 amide bonds. The second-order valence-corrected chi connectivity index (χ2v) is 5.82. The van der Waals surface area contributed by atoms with E-state index < -0.39 is 0 Å². The van der Waals surface area contributed by atoms with Gasteiger partial charge in [-0.15, -0.1) is 11.3 Å². The topological polar surface area (TPSA) is 59.8 Å². The SMILES string of the molecule is O=C(NCCCn1cncn1)c1cc2c(s1)CCC2. The lowest BCUT2D eigenvalue weighted by Crippen LogP contribution is -2.24. The summed E-state index contributed by atoms with van der Waals surface area (Å²) in [5.74, 6) is 0.0537. The molecule has 1 aliphatic carbocycles. The fourth-order valence-electron chi connectivity index (χ4n) is 2.32. The monoisotopic (exact) mass is 276 g/mol. The number of hydrogen-bond donors (Lipinski definition) is 1. The Morgan fingerprint density at radius 3 is 3.21 bits per heavy atom. The maximum atomic E-state index is 12.0. The molecule has 5 nitrogen and oxygen atoms in total. The second kappa shape index (κ2) is 5.52. The van der Waals surface area contributed by atoms with Crippen LogP contribution in [0.3, 0.4) is 0 Å². The molecular weight excluding hydrogens is 260 g/mol. The van der Waals surface area contributed by atoms with Gasteiger partial charge in [-0.2, -0.15) is 5.10 Å². The Morgan fingerprint density at radius 2 is 2.42 bits per heavy atom. The van der Waals surface area contributed by atoms with Gasteiger partial charge in [0.15, 0.2) is 0 Å². The van der Waals surface area contributed by atoms with Gasteiger partial charge < -0.3 is 5.32 Å². The van der Waals surface area contributed by atoms with E-state index in [0.717, 1.165) is 30.7 Å². The minimum absolute atomic E-state index is 0.0537. The number of nitrogens with zero attached hydrogens (tertiary/aromatic N) is 3. The van der Waals surface area contributed by atoms with Crippen LogP contribution >= 0.6 is 11.3 Å². The molecule has 2 heterocycles. The lowest BCUT2D eigenvalue weighted by atomic mass is 10.2. The average molecular weight is 276 g/mol. The number of hydrogen-bond acceptors (Lipinski definition) is 4. The largest absolute Gasteiger partial charge is 0.351 e. The van der Waals surface area contributed by atoms with Gasteiger partial charge in [0, 0.05) is 18.0 Å². The van der Waals surface area contributed by atoms with Crippen molar-refractivity contribution in [1.82, 2.24) is 20.1 Å². The molecule has 19 heavy (non-hydrogen) atoms. The van der Waals surface area contributed by atoms with E-state index in [9.17, 15) is 4.79 Å². The number of carbonyl (C=O) groups excluding carboxylic acids is 1. The second-order valence-electron chi connectivity index (χ2n) is 4.68. The van der Waals surface area contributed by atoms with Gasteiger partial charge in [-0.25, -0.2) is 4.98 Å². The first kappa shape index (κ1) is 12.3. The molecule has 0 spiro atoms. The van der Waals surface area contributed by atoms with Gasteiger partial charge in [-0.05, 0) is 37.3 Å². The zero-order valence-electron chi connectivity index (χ0n) is 10.6. The van der Waals surface area contributed by atoms with Crippen LogP contribution in [0.2, 0.25) is 0 Å². The number of aromatic nitrogens is 3.